The number of anilines is 3. The van der Waals surface area contributed by atoms with Gasteiger partial charge in [-0.2, -0.15) is 9.97 Å². The molecule has 2 saturated carbocycles. The Kier molecular flexibility index (Phi) is 5.63. The number of ether oxygens (including phenoxy) is 1. The molecule has 0 unspecified atom stereocenters. The molecule has 164 valence electrons. The first kappa shape index (κ1) is 20.1. The van der Waals surface area contributed by atoms with Gasteiger partial charge in [-0.3, -0.25) is 0 Å². The molecule has 4 N–H and O–H groups in total. The molecule has 2 aromatic heterocycles. The fraction of sp³-hybridized carbons (Fsp3) is 0.522. The van der Waals surface area contributed by atoms with E-state index in [1.165, 1.54) is 25.7 Å². The lowest BCUT2D eigenvalue weighted by Crippen LogP contribution is -2.33. The van der Waals surface area contributed by atoms with Crippen LogP contribution in [0.4, 0.5) is 17.5 Å². The van der Waals surface area contributed by atoms with Gasteiger partial charge in [-0.15, -0.1) is 0 Å². The summed E-state index contributed by atoms with van der Waals surface area (Å²) in [5, 5.41) is 7.01. The van der Waals surface area contributed by atoms with Gasteiger partial charge in [-0.1, -0.05) is 12.8 Å². The fourth-order valence-corrected chi connectivity index (χ4v) is 4.78. The van der Waals surface area contributed by atoms with Crippen molar-refractivity contribution in [3.63, 3.8) is 0 Å². The number of fused-ring (bicyclic) bond motifs is 1. The molecule has 2 heterocycles. The Labute approximate surface area is 182 Å². The molecule has 5 rings (SSSR count). The summed E-state index contributed by atoms with van der Waals surface area (Å²) < 4.78 is 7.51. The minimum Gasteiger partial charge on any atom is -0.497 e. The molecule has 3 aromatic rings. The van der Waals surface area contributed by atoms with E-state index in [4.69, 9.17) is 25.4 Å². The van der Waals surface area contributed by atoms with Gasteiger partial charge in [0.25, 0.3) is 0 Å². The van der Waals surface area contributed by atoms with Crippen LogP contribution in [-0.2, 0) is 0 Å². The van der Waals surface area contributed by atoms with Gasteiger partial charge in [-0.25, -0.2) is 4.98 Å². The van der Waals surface area contributed by atoms with Gasteiger partial charge < -0.3 is 25.7 Å². The summed E-state index contributed by atoms with van der Waals surface area (Å²) in [6.07, 6.45) is 11.0. The smallest absolute Gasteiger partial charge is 0.227 e. The molecule has 2 fully saturated rings. The van der Waals surface area contributed by atoms with E-state index in [9.17, 15) is 0 Å². The van der Waals surface area contributed by atoms with Gasteiger partial charge in [-0.05, 0) is 62.8 Å². The Morgan fingerprint density at radius 1 is 1.00 bits per heavy atom. The topological polar surface area (TPSA) is 103 Å². The van der Waals surface area contributed by atoms with Crippen LogP contribution < -0.4 is 21.1 Å². The molecular weight excluding hydrogens is 390 g/mol. The van der Waals surface area contributed by atoms with Gasteiger partial charge in [0.1, 0.15) is 5.75 Å². The van der Waals surface area contributed by atoms with Crippen molar-refractivity contribution in [3.8, 4) is 5.75 Å². The van der Waals surface area contributed by atoms with Gasteiger partial charge in [0.05, 0.1) is 13.4 Å². The first-order chi connectivity index (χ1) is 15.2. The van der Waals surface area contributed by atoms with Gasteiger partial charge in [0.2, 0.25) is 5.95 Å². The maximum absolute atomic E-state index is 6.08. The quantitative estimate of drug-likeness (QED) is 0.543. The van der Waals surface area contributed by atoms with Crippen molar-refractivity contribution in [2.45, 2.75) is 69.5 Å². The Morgan fingerprint density at radius 2 is 1.74 bits per heavy atom. The number of benzene rings is 1. The van der Waals surface area contributed by atoms with Crippen LogP contribution >= 0.6 is 0 Å². The number of nitrogens with two attached hydrogens (primary N) is 1. The molecular formula is C23H31N7O. The van der Waals surface area contributed by atoms with Crippen molar-refractivity contribution >= 4 is 28.6 Å². The average Bonchev–Trinajstić information content (AvgIpc) is 3.46. The Balaban J connectivity index is 1.48. The normalized spacial score (nSPS) is 22.0. The summed E-state index contributed by atoms with van der Waals surface area (Å²) in [6, 6.07) is 8.97. The number of aromatic nitrogens is 4. The summed E-state index contributed by atoms with van der Waals surface area (Å²) in [5.41, 5.74) is 8.72. The van der Waals surface area contributed by atoms with E-state index in [0.717, 1.165) is 54.1 Å². The van der Waals surface area contributed by atoms with Crippen LogP contribution in [-0.4, -0.2) is 38.7 Å². The van der Waals surface area contributed by atoms with Crippen molar-refractivity contribution in [1.29, 1.82) is 0 Å². The van der Waals surface area contributed by atoms with E-state index in [2.05, 4.69) is 15.2 Å². The van der Waals surface area contributed by atoms with E-state index < -0.39 is 0 Å². The third kappa shape index (κ3) is 4.30. The molecule has 0 amide bonds. The number of hydrogen-bond donors (Lipinski definition) is 3. The molecule has 8 nitrogen and oxygen atoms in total. The van der Waals surface area contributed by atoms with Crippen LogP contribution in [0.1, 0.15) is 57.4 Å². The molecule has 2 aliphatic rings. The summed E-state index contributed by atoms with van der Waals surface area (Å²) in [7, 11) is 1.67. The van der Waals surface area contributed by atoms with E-state index in [1.807, 2.05) is 30.6 Å². The minimum atomic E-state index is 0.317. The standard InChI is InChI=1S/C23H31N7O/c1-31-19-12-10-16(11-13-19)26-21-20-22(30(14-25-20)18-4-2-3-5-18)29-23(28-21)27-17-8-6-15(24)7-9-17/h10-15,17-18H,2-9,24H2,1H3,(H2,26,27,28,29). The van der Waals surface area contributed by atoms with Crippen molar-refractivity contribution in [2.24, 2.45) is 5.73 Å². The molecule has 1 aromatic carbocycles. The molecule has 2 aliphatic carbocycles. The number of rotatable bonds is 6. The van der Waals surface area contributed by atoms with Gasteiger partial charge in [0.15, 0.2) is 17.0 Å². The molecule has 8 heteroatoms. The van der Waals surface area contributed by atoms with Crippen LogP contribution in [0, 0.1) is 0 Å². The van der Waals surface area contributed by atoms with Crippen LogP contribution in [0.25, 0.3) is 11.2 Å². The first-order valence-electron chi connectivity index (χ1n) is 11.4. The van der Waals surface area contributed by atoms with E-state index in [1.54, 1.807) is 7.11 Å². The second-order valence-electron chi connectivity index (χ2n) is 8.77. The minimum absolute atomic E-state index is 0.317. The van der Waals surface area contributed by atoms with E-state index >= 15 is 0 Å². The monoisotopic (exact) mass is 421 g/mol. The summed E-state index contributed by atoms with van der Waals surface area (Å²) >= 11 is 0. The number of methoxy groups -OCH3 is 1. The highest BCUT2D eigenvalue weighted by atomic mass is 16.5. The third-order valence-electron chi connectivity index (χ3n) is 6.60. The molecule has 0 radical (unpaired) electrons. The lowest BCUT2D eigenvalue weighted by molar-refractivity contribution is 0.410. The molecule has 0 saturated heterocycles. The molecule has 0 atom stereocenters. The van der Waals surface area contributed by atoms with Crippen LogP contribution in [0.2, 0.25) is 0 Å². The highest BCUT2D eigenvalue weighted by molar-refractivity contribution is 5.86. The SMILES string of the molecule is COc1ccc(Nc2nc(NC3CCC(N)CC3)nc3c2ncn3C2CCCC2)cc1. The fourth-order valence-electron chi connectivity index (χ4n) is 4.78. The number of imidazole rings is 1. The maximum atomic E-state index is 6.08. The lowest BCUT2D eigenvalue weighted by atomic mass is 9.92. The molecule has 0 aliphatic heterocycles. The highest BCUT2D eigenvalue weighted by Crippen LogP contribution is 2.34. The van der Waals surface area contributed by atoms with Crippen molar-refractivity contribution < 1.29 is 4.74 Å². The Morgan fingerprint density at radius 3 is 2.45 bits per heavy atom. The summed E-state index contributed by atoms with van der Waals surface area (Å²) in [5.74, 6) is 2.20. The van der Waals surface area contributed by atoms with Gasteiger partial charge in [0, 0.05) is 23.8 Å². The number of nitrogens with one attached hydrogen (secondary N) is 2. The summed E-state index contributed by atoms with van der Waals surface area (Å²) in [4.78, 5) is 14.4. The Bertz CT molecular complexity index is 1020. The first-order valence-corrected chi connectivity index (χ1v) is 11.4. The van der Waals surface area contributed by atoms with Crippen LogP contribution in [0.3, 0.4) is 0 Å². The third-order valence-corrected chi connectivity index (χ3v) is 6.60. The van der Waals surface area contributed by atoms with Crippen molar-refractivity contribution in [3.05, 3.63) is 30.6 Å². The second kappa shape index (κ2) is 8.70. The number of nitrogens with zero attached hydrogens (tertiary/aromatic N) is 4. The zero-order chi connectivity index (χ0) is 21.2. The van der Waals surface area contributed by atoms with Crippen molar-refractivity contribution in [1.82, 2.24) is 19.5 Å². The number of hydrogen-bond acceptors (Lipinski definition) is 7. The molecule has 31 heavy (non-hydrogen) atoms. The Hall–Kier alpha value is -2.87. The zero-order valence-electron chi connectivity index (χ0n) is 18.1. The van der Waals surface area contributed by atoms with E-state index in [-0.39, 0.29) is 0 Å². The largest absolute Gasteiger partial charge is 0.497 e. The zero-order valence-corrected chi connectivity index (χ0v) is 18.1. The predicted molar refractivity (Wildman–Crippen MR) is 123 cm³/mol. The average molecular weight is 422 g/mol. The summed E-state index contributed by atoms with van der Waals surface area (Å²) in [6.45, 7) is 0. The molecule has 0 spiro atoms. The maximum Gasteiger partial charge on any atom is 0.227 e. The van der Waals surface area contributed by atoms with Crippen LogP contribution in [0.15, 0.2) is 30.6 Å². The van der Waals surface area contributed by atoms with Gasteiger partial charge >= 0.3 is 0 Å². The van der Waals surface area contributed by atoms with E-state index in [0.29, 0.717) is 24.1 Å². The van der Waals surface area contributed by atoms with Crippen LogP contribution in [0.5, 0.6) is 5.75 Å². The molecule has 0 bridgehead atoms. The lowest BCUT2D eigenvalue weighted by Gasteiger charge is -2.27. The van der Waals surface area contributed by atoms with Crippen molar-refractivity contribution in [2.75, 3.05) is 17.7 Å². The predicted octanol–water partition coefficient (Wildman–Crippen LogP) is 4.38. The second-order valence-corrected chi connectivity index (χ2v) is 8.77. The highest BCUT2D eigenvalue weighted by Gasteiger charge is 2.24.